The summed E-state index contributed by atoms with van der Waals surface area (Å²) in [6.45, 7) is 3.55. The highest BCUT2D eigenvalue weighted by molar-refractivity contribution is 9.10. The van der Waals surface area contributed by atoms with Crippen LogP contribution in [0.15, 0.2) is 53.0 Å². The number of amides is 2. The molecule has 1 aliphatic heterocycles. The van der Waals surface area contributed by atoms with Crippen LogP contribution in [0.3, 0.4) is 0 Å². The molecule has 2 N–H and O–H groups in total. The Morgan fingerprint density at radius 1 is 1.19 bits per heavy atom. The number of halogens is 2. The molecule has 2 aromatic carbocycles. The first-order valence-corrected chi connectivity index (χ1v) is 11.0. The molecule has 2 atom stereocenters. The van der Waals surface area contributed by atoms with E-state index in [-0.39, 0.29) is 18.0 Å². The van der Waals surface area contributed by atoms with Gasteiger partial charge in [0.25, 0.3) is 5.91 Å². The molecule has 0 aliphatic carbocycles. The van der Waals surface area contributed by atoms with Gasteiger partial charge in [-0.25, -0.2) is 4.39 Å². The molecule has 0 bridgehead atoms. The minimum Gasteiger partial charge on any atom is -0.506 e. The summed E-state index contributed by atoms with van der Waals surface area (Å²) in [6.07, 6.45) is -0.383. The second-order valence-electron chi connectivity index (χ2n) is 7.84. The third-order valence-corrected chi connectivity index (χ3v) is 5.29. The van der Waals surface area contributed by atoms with Crippen molar-refractivity contribution in [1.82, 2.24) is 10.6 Å². The Morgan fingerprint density at radius 3 is 2.59 bits per heavy atom. The van der Waals surface area contributed by atoms with E-state index in [1.807, 2.05) is 19.9 Å². The maximum atomic E-state index is 13.9. The molecule has 3 rings (SSSR count). The lowest BCUT2D eigenvalue weighted by Crippen LogP contribution is -2.50. The van der Waals surface area contributed by atoms with Gasteiger partial charge in [0.05, 0.1) is 18.0 Å². The molecule has 10 heteroatoms. The summed E-state index contributed by atoms with van der Waals surface area (Å²) in [7, 11) is -0.961. The van der Waals surface area contributed by atoms with Crippen LogP contribution >= 0.6 is 15.9 Å². The molecule has 168 valence electrons. The molecule has 0 radical (unpaired) electrons. The van der Waals surface area contributed by atoms with Gasteiger partial charge in [0, 0.05) is 4.47 Å². The van der Waals surface area contributed by atoms with E-state index in [4.69, 9.17) is 9.31 Å². The minimum atomic E-state index is -0.961. The molecule has 2 amide bonds. The van der Waals surface area contributed by atoms with Crippen LogP contribution in [-0.2, 0) is 18.9 Å². The van der Waals surface area contributed by atoms with Crippen molar-refractivity contribution >= 4 is 40.8 Å². The number of rotatable bonds is 8. The van der Waals surface area contributed by atoms with Crippen LogP contribution in [0.2, 0.25) is 0 Å². The molecular formula is C22H23BBrFN2O5. The fraction of sp³-hybridized carbons (Fsp3) is 0.318. The largest absolute Gasteiger partial charge is 0.552 e. The summed E-state index contributed by atoms with van der Waals surface area (Å²) >= 11 is 3.18. The SMILES string of the molecule is CC(C)C[C@H](NC(=O)CNC(=O)c1cc(Br)ccc1F)B1OC(=O)[C@@H](c2ccccc2)O1. The Labute approximate surface area is 194 Å². The Bertz CT molecular complexity index is 992. The van der Waals surface area contributed by atoms with Gasteiger partial charge >= 0.3 is 13.1 Å². The minimum absolute atomic E-state index is 0.170. The Kier molecular flexibility index (Phi) is 8.03. The second kappa shape index (κ2) is 10.7. The zero-order valence-electron chi connectivity index (χ0n) is 17.6. The van der Waals surface area contributed by atoms with Crippen molar-refractivity contribution in [3.05, 3.63) is 69.9 Å². The van der Waals surface area contributed by atoms with Gasteiger partial charge in [-0.05, 0) is 36.1 Å². The number of nitrogens with one attached hydrogen (secondary N) is 2. The van der Waals surface area contributed by atoms with E-state index in [2.05, 4.69) is 26.6 Å². The Balaban J connectivity index is 1.61. The number of carbonyl (C=O) groups is 3. The molecule has 2 aromatic rings. The van der Waals surface area contributed by atoms with Crippen LogP contribution in [0.25, 0.3) is 0 Å². The van der Waals surface area contributed by atoms with Gasteiger partial charge < -0.3 is 19.9 Å². The average Bonchev–Trinajstić information content (AvgIpc) is 3.15. The van der Waals surface area contributed by atoms with E-state index in [9.17, 15) is 18.8 Å². The van der Waals surface area contributed by atoms with E-state index in [0.29, 0.717) is 16.5 Å². The lowest BCUT2D eigenvalue weighted by Gasteiger charge is -2.21. The van der Waals surface area contributed by atoms with Crippen LogP contribution < -0.4 is 10.6 Å². The zero-order valence-corrected chi connectivity index (χ0v) is 19.2. The van der Waals surface area contributed by atoms with Crippen LogP contribution in [-0.4, -0.2) is 37.4 Å². The summed E-state index contributed by atoms with van der Waals surface area (Å²) in [4.78, 5) is 37.1. The van der Waals surface area contributed by atoms with Crippen molar-refractivity contribution in [1.29, 1.82) is 0 Å². The monoisotopic (exact) mass is 504 g/mol. The fourth-order valence-electron chi connectivity index (χ4n) is 3.34. The normalized spacial score (nSPS) is 16.6. The predicted octanol–water partition coefficient (Wildman–Crippen LogP) is 3.19. The topological polar surface area (TPSA) is 93.7 Å². The molecular weight excluding hydrogens is 482 g/mol. The van der Waals surface area contributed by atoms with Gasteiger partial charge in [0.1, 0.15) is 5.82 Å². The summed E-state index contributed by atoms with van der Waals surface area (Å²) in [6, 6.07) is 12.9. The van der Waals surface area contributed by atoms with Gasteiger partial charge in [-0.1, -0.05) is 60.1 Å². The second-order valence-corrected chi connectivity index (χ2v) is 8.76. The molecule has 1 fully saturated rings. The number of hydrogen-bond donors (Lipinski definition) is 2. The fourth-order valence-corrected chi connectivity index (χ4v) is 3.71. The van der Waals surface area contributed by atoms with Crippen molar-refractivity contribution in [2.45, 2.75) is 32.3 Å². The summed E-state index contributed by atoms with van der Waals surface area (Å²) in [5, 5.41) is 5.16. The third kappa shape index (κ3) is 6.17. The average molecular weight is 505 g/mol. The third-order valence-electron chi connectivity index (χ3n) is 4.80. The molecule has 1 heterocycles. The molecule has 0 aromatic heterocycles. The summed E-state index contributed by atoms with van der Waals surface area (Å²) in [5.74, 6) is -2.89. The van der Waals surface area contributed by atoms with Crippen molar-refractivity contribution in [2.75, 3.05) is 6.54 Å². The van der Waals surface area contributed by atoms with Crippen LogP contribution in [0.1, 0.15) is 42.3 Å². The summed E-state index contributed by atoms with van der Waals surface area (Å²) < 4.78 is 25.6. The molecule has 1 saturated heterocycles. The molecule has 0 spiro atoms. The number of carbonyl (C=O) groups excluding carboxylic acids is 3. The van der Waals surface area contributed by atoms with Crippen molar-refractivity contribution in [3.8, 4) is 0 Å². The van der Waals surface area contributed by atoms with E-state index in [1.54, 1.807) is 24.3 Å². The molecule has 1 aliphatic rings. The van der Waals surface area contributed by atoms with Crippen LogP contribution in [0.4, 0.5) is 4.39 Å². The van der Waals surface area contributed by atoms with Crippen molar-refractivity contribution in [2.24, 2.45) is 5.92 Å². The van der Waals surface area contributed by atoms with Gasteiger partial charge in [-0.2, -0.15) is 0 Å². The standard InChI is InChI=1S/C22H23BBrFN2O5/c1-13(2)10-18(23-31-20(22(30)32-23)14-6-4-3-5-7-14)27-19(28)12-26-21(29)16-11-15(24)8-9-17(16)25/h3-9,11,13,18,20H,10,12H2,1-2H3,(H,26,29)(H,27,28)/t18-,20+/m0/s1. The zero-order chi connectivity index (χ0) is 23.3. The van der Waals surface area contributed by atoms with Gasteiger partial charge in [0.15, 0.2) is 6.10 Å². The van der Waals surface area contributed by atoms with E-state index >= 15 is 0 Å². The van der Waals surface area contributed by atoms with Gasteiger partial charge in [-0.3, -0.25) is 14.4 Å². The van der Waals surface area contributed by atoms with E-state index in [0.717, 1.165) is 6.07 Å². The predicted molar refractivity (Wildman–Crippen MR) is 120 cm³/mol. The van der Waals surface area contributed by atoms with Crippen LogP contribution in [0, 0.1) is 11.7 Å². The maximum Gasteiger partial charge on any atom is 0.552 e. The Hall–Kier alpha value is -2.72. The van der Waals surface area contributed by atoms with Crippen LogP contribution in [0.5, 0.6) is 0 Å². The number of benzene rings is 2. The molecule has 0 saturated carbocycles. The maximum absolute atomic E-state index is 13.9. The van der Waals surface area contributed by atoms with E-state index < -0.39 is 42.8 Å². The molecule has 7 nitrogen and oxygen atoms in total. The van der Waals surface area contributed by atoms with Crippen molar-refractivity contribution < 1.29 is 28.1 Å². The Morgan fingerprint density at radius 2 is 1.91 bits per heavy atom. The lowest BCUT2D eigenvalue weighted by molar-refractivity contribution is -0.136. The smallest absolute Gasteiger partial charge is 0.506 e. The highest BCUT2D eigenvalue weighted by Crippen LogP contribution is 2.28. The quantitative estimate of drug-likeness (QED) is 0.538. The molecule has 0 unspecified atom stereocenters. The highest BCUT2D eigenvalue weighted by atomic mass is 79.9. The first-order valence-electron chi connectivity index (χ1n) is 10.2. The van der Waals surface area contributed by atoms with Gasteiger partial charge in [-0.15, -0.1) is 0 Å². The molecule has 32 heavy (non-hydrogen) atoms. The lowest BCUT2D eigenvalue weighted by atomic mass is 9.74. The summed E-state index contributed by atoms with van der Waals surface area (Å²) in [5.41, 5.74) is 0.489. The number of hydrogen-bond acceptors (Lipinski definition) is 5. The van der Waals surface area contributed by atoms with E-state index in [1.165, 1.54) is 12.1 Å². The highest BCUT2D eigenvalue weighted by Gasteiger charge is 2.46. The van der Waals surface area contributed by atoms with Gasteiger partial charge in [0.2, 0.25) is 5.91 Å². The van der Waals surface area contributed by atoms with Crippen molar-refractivity contribution in [3.63, 3.8) is 0 Å². The first-order chi connectivity index (χ1) is 15.2. The first kappa shape index (κ1) is 23.9.